The predicted molar refractivity (Wildman–Crippen MR) is 83.8 cm³/mol. The fourth-order valence-electron chi connectivity index (χ4n) is 1.81. The van der Waals surface area contributed by atoms with Crippen molar-refractivity contribution >= 4 is 21.8 Å². The maximum absolute atomic E-state index is 11.9. The van der Waals surface area contributed by atoms with Crippen molar-refractivity contribution in [2.24, 2.45) is 5.92 Å². The number of ether oxygens (including phenoxy) is 2. The molecule has 1 aromatic carbocycles. The van der Waals surface area contributed by atoms with Gasteiger partial charge < -0.3 is 14.8 Å². The van der Waals surface area contributed by atoms with Crippen molar-refractivity contribution in [1.29, 1.82) is 0 Å². The number of methoxy groups -OCH3 is 2. The fourth-order valence-corrected chi connectivity index (χ4v) is 2.60. The molecule has 0 radical (unpaired) electrons. The monoisotopic (exact) mass is 343 g/mol. The van der Waals surface area contributed by atoms with E-state index in [9.17, 15) is 4.79 Å². The summed E-state index contributed by atoms with van der Waals surface area (Å²) < 4.78 is 10.4. The van der Waals surface area contributed by atoms with Crippen molar-refractivity contribution < 1.29 is 14.3 Å². The van der Waals surface area contributed by atoms with Crippen molar-refractivity contribution in [1.82, 2.24) is 5.32 Å². The Hall–Kier alpha value is -1.23. The summed E-state index contributed by atoms with van der Waals surface area (Å²) in [4.78, 5) is 11.9. The van der Waals surface area contributed by atoms with Crippen LogP contribution >= 0.6 is 15.9 Å². The first-order valence-corrected chi connectivity index (χ1v) is 7.76. The molecule has 0 aliphatic heterocycles. The average Bonchev–Trinajstić information content (AvgIpc) is 2.45. The number of hydrogen-bond acceptors (Lipinski definition) is 3. The first kappa shape index (κ1) is 16.8. The van der Waals surface area contributed by atoms with Crippen molar-refractivity contribution in [2.45, 2.75) is 19.8 Å². The zero-order valence-corrected chi connectivity index (χ0v) is 13.8. The van der Waals surface area contributed by atoms with Gasteiger partial charge in [0, 0.05) is 11.9 Å². The van der Waals surface area contributed by atoms with Gasteiger partial charge in [0.2, 0.25) is 5.91 Å². The van der Waals surface area contributed by atoms with E-state index in [1.165, 1.54) is 0 Å². The van der Waals surface area contributed by atoms with Crippen LogP contribution in [-0.2, 0) is 11.2 Å². The molecule has 1 atom stereocenters. The van der Waals surface area contributed by atoms with Crippen LogP contribution in [0.5, 0.6) is 11.5 Å². The first-order valence-electron chi connectivity index (χ1n) is 6.64. The minimum absolute atomic E-state index is 0.0265. The molecular weight excluding hydrogens is 322 g/mol. The molecule has 0 fully saturated rings. The SMILES string of the molecule is COc1ccc(CC(=O)NCC(C)CCBr)cc1OC. The third-order valence-electron chi connectivity index (χ3n) is 3.06. The number of carbonyl (C=O) groups excluding carboxylic acids is 1. The number of rotatable bonds is 8. The van der Waals surface area contributed by atoms with Gasteiger partial charge in [-0.25, -0.2) is 0 Å². The Balaban J connectivity index is 2.53. The number of halogens is 1. The predicted octanol–water partition coefficient (Wildman–Crippen LogP) is 2.78. The Morgan fingerprint density at radius 2 is 2.00 bits per heavy atom. The van der Waals surface area contributed by atoms with Gasteiger partial charge in [0.05, 0.1) is 20.6 Å². The van der Waals surface area contributed by atoms with Gasteiger partial charge in [0.15, 0.2) is 11.5 Å². The first-order chi connectivity index (χ1) is 9.60. The lowest BCUT2D eigenvalue weighted by molar-refractivity contribution is -0.120. The smallest absolute Gasteiger partial charge is 0.224 e. The molecule has 1 amide bonds. The fraction of sp³-hybridized carbons (Fsp3) is 0.533. The summed E-state index contributed by atoms with van der Waals surface area (Å²) >= 11 is 3.40. The maximum Gasteiger partial charge on any atom is 0.224 e. The van der Waals surface area contributed by atoms with Crippen LogP contribution in [-0.4, -0.2) is 32.0 Å². The van der Waals surface area contributed by atoms with E-state index < -0.39 is 0 Å². The molecule has 112 valence electrons. The van der Waals surface area contributed by atoms with E-state index in [1.54, 1.807) is 14.2 Å². The van der Waals surface area contributed by atoms with Crippen LogP contribution in [0.15, 0.2) is 18.2 Å². The lowest BCUT2D eigenvalue weighted by Gasteiger charge is -2.12. The lowest BCUT2D eigenvalue weighted by atomic mass is 10.1. The normalized spacial score (nSPS) is 11.8. The lowest BCUT2D eigenvalue weighted by Crippen LogP contribution is -2.29. The molecule has 4 nitrogen and oxygen atoms in total. The second-order valence-corrected chi connectivity index (χ2v) is 5.55. The van der Waals surface area contributed by atoms with E-state index in [4.69, 9.17) is 9.47 Å². The Morgan fingerprint density at radius 3 is 2.60 bits per heavy atom. The van der Waals surface area contributed by atoms with Crippen molar-refractivity contribution in [3.05, 3.63) is 23.8 Å². The Bertz CT molecular complexity index is 437. The van der Waals surface area contributed by atoms with Gasteiger partial charge in [-0.1, -0.05) is 28.9 Å². The molecule has 0 aliphatic carbocycles. The minimum Gasteiger partial charge on any atom is -0.493 e. The molecule has 0 saturated heterocycles. The van der Waals surface area contributed by atoms with Gasteiger partial charge in [0.1, 0.15) is 0 Å². The highest BCUT2D eigenvalue weighted by Gasteiger charge is 2.09. The Morgan fingerprint density at radius 1 is 1.30 bits per heavy atom. The van der Waals surface area contributed by atoms with Crippen molar-refractivity contribution in [3.63, 3.8) is 0 Å². The van der Waals surface area contributed by atoms with E-state index in [0.29, 0.717) is 30.4 Å². The third-order valence-corrected chi connectivity index (χ3v) is 3.52. The van der Waals surface area contributed by atoms with Crippen LogP contribution in [0.1, 0.15) is 18.9 Å². The minimum atomic E-state index is 0.0265. The van der Waals surface area contributed by atoms with E-state index in [-0.39, 0.29) is 5.91 Å². The molecule has 0 saturated carbocycles. The molecule has 1 N–H and O–H groups in total. The van der Waals surface area contributed by atoms with Crippen LogP contribution in [0.3, 0.4) is 0 Å². The summed E-state index contributed by atoms with van der Waals surface area (Å²) in [5, 5.41) is 3.91. The summed E-state index contributed by atoms with van der Waals surface area (Å²) in [6.07, 6.45) is 1.40. The average molecular weight is 344 g/mol. The highest BCUT2D eigenvalue weighted by molar-refractivity contribution is 9.09. The second-order valence-electron chi connectivity index (χ2n) is 4.75. The van der Waals surface area contributed by atoms with Crippen LogP contribution in [0.4, 0.5) is 0 Å². The Labute approximate surface area is 129 Å². The topological polar surface area (TPSA) is 47.6 Å². The molecule has 5 heteroatoms. The van der Waals surface area contributed by atoms with Crippen LogP contribution < -0.4 is 14.8 Å². The Kier molecular flexibility index (Phi) is 7.44. The van der Waals surface area contributed by atoms with Crippen LogP contribution in [0.2, 0.25) is 0 Å². The van der Waals surface area contributed by atoms with Gasteiger partial charge in [-0.15, -0.1) is 0 Å². The molecule has 0 bridgehead atoms. The molecule has 20 heavy (non-hydrogen) atoms. The summed E-state index contributed by atoms with van der Waals surface area (Å²) in [5.74, 6) is 1.82. The van der Waals surface area contributed by atoms with E-state index in [0.717, 1.165) is 17.3 Å². The van der Waals surface area contributed by atoms with Crippen molar-refractivity contribution in [2.75, 3.05) is 26.1 Å². The molecular formula is C15H22BrNO3. The third kappa shape index (κ3) is 5.41. The molecule has 0 heterocycles. The van der Waals surface area contributed by atoms with Gasteiger partial charge in [-0.3, -0.25) is 4.79 Å². The number of nitrogens with one attached hydrogen (secondary N) is 1. The molecule has 1 aromatic rings. The summed E-state index contributed by atoms with van der Waals surface area (Å²) in [6, 6.07) is 5.53. The maximum atomic E-state index is 11.9. The van der Waals surface area contributed by atoms with Gasteiger partial charge in [0.25, 0.3) is 0 Å². The van der Waals surface area contributed by atoms with Gasteiger partial charge >= 0.3 is 0 Å². The second kappa shape index (κ2) is 8.84. The largest absolute Gasteiger partial charge is 0.493 e. The zero-order valence-electron chi connectivity index (χ0n) is 12.2. The number of hydrogen-bond donors (Lipinski definition) is 1. The molecule has 1 rings (SSSR count). The highest BCUT2D eigenvalue weighted by atomic mass is 79.9. The number of amides is 1. The summed E-state index contributed by atoms with van der Waals surface area (Å²) in [5.41, 5.74) is 0.910. The van der Waals surface area contributed by atoms with Gasteiger partial charge in [-0.05, 0) is 30.0 Å². The standard InChI is InChI=1S/C15H22BrNO3/c1-11(6-7-16)10-17-15(18)9-12-4-5-13(19-2)14(8-12)20-3/h4-5,8,11H,6-7,9-10H2,1-3H3,(H,17,18). The van der Waals surface area contributed by atoms with Crippen LogP contribution in [0.25, 0.3) is 0 Å². The summed E-state index contributed by atoms with van der Waals surface area (Å²) in [7, 11) is 3.18. The van der Waals surface area contributed by atoms with E-state index >= 15 is 0 Å². The summed E-state index contributed by atoms with van der Waals surface area (Å²) in [6.45, 7) is 2.83. The molecule has 0 spiro atoms. The number of benzene rings is 1. The zero-order chi connectivity index (χ0) is 15.0. The van der Waals surface area contributed by atoms with Crippen LogP contribution in [0, 0.1) is 5.92 Å². The van der Waals surface area contributed by atoms with Crippen molar-refractivity contribution in [3.8, 4) is 11.5 Å². The molecule has 0 aromatic heterocycles. The molecule has 1 unspecified atom stereocenters. The highest BCUT2D eigenvalue weighted by Crippen LogP contribution is 2.27. The van der Waals surface area contributed by atoms with E-state index in [2.05, 4.69) is 28.2 Å². The molecule has 0 aliphatic rings. The number of alkyl halides is 1. The van der Waals surface area contributed by atoms with E-state index in [1.807, 2.05) is 18.2 Å². The van der Waals surface area contributed by atoms with Gasteiger partial charge in [-0.2, -0.15) is 0 Å². The quantitative estimate of drug-likeness (QED) is 0.738. The number of carbonyl (C=O) groups is 1.